The average Bonchev–Trinajstić information content (AvgIpc) is 3.39. The van der Waals surface area contributed by atoms with E-state index >= 15 is 0 Å². The lowest BCUT2D eigenvalue weighted by Crippen LogP contribution is -2.10. The van der Waals surface area contributed by atoms with Gasteiger partial charge in [-0.15, -0.1) is 16.4 Å². The number of fused-ring (bicyclic) bond motifs is 2. The largest absolute Gasteiger partial charge is 0.463 e. The van der Waals surface area contributed by atoms with E-state index in [0.717, 1.165) is 5.56 Å². The van der Waals surface area contributed by atoms with Crippen molar-refractivity contribution in [2.45, 2.75) is 0 Å². The molecule has 1 amide bonds. The number of hydrogen-bond donors (Lipinski definition) is 1. The quantitative estimate of drug-likeness (QED) is 0.237. The minimum absolute atomic E-state index is 0.0102. The first-order valence-corrected chi connectivity index (χ1v) is 10.5. The van der Waals surface area contributed by atoms with Crippen molar-refractivity contribution >= 4 is 50.9 Å². The Morgan fingerprint density at radius 2 is 1.97 bits per heavy atom. The van der Waals surface area contributed by atoms with Crippen LogP contribution in [0.15, 0.2) is 75.5 Å². The fraction of sp³-hybridized carbons (Fsp3) is 0. The zero-order valence-corrected chi connectivity index (χ0v) is 17.5. The van der Waals surface area contributed by atoms with E-state index in [1.165, 1.54) is 41.9 Å². The van der Waals surface area contributed by atoms with E-state index in [0.29, 0.717) is 21.6 Å². The van der Waals surface area contributed by atoms with Gasteiger partial charge >= 0.3 is 0 Å². The monoisotopic (exact) mass is 459 g/mol. The molecular weight excluding hydrogens is 446 g/mol. The van der Waals surface area contributed by atoms with Crippen LogP contribution in [0.4, 0.5) is 11.6 Å². The number of nitrogens with one attached hydrogen (secondary N) is 1. The molecule has 1 N–H and O–H groups in total. The van der Waals surface area contributed by atoms with Crippen LogP contribution in [0.2, 0.25) is 0 Å². The smallest absolute Gasteiger partial charge is 0.269 e. The van der Waals surface area contributed by atoms with Crippen molar-refractivity contribution in [2.24, 2.45) is 0 Å². The number of benzene rings is 2. The summed E-state index contributed by atoms with van der Waals surface area (Å²) in [5.41, 5.74) is 1.86. The SMILES string of the molecule is O=C(/C=C/c1coc2ccccc2c1=O)Nc1nc2scc(-c3ccc([N+](=O)[O-])cc3)n2n1. The Balaban J connectivity index is 1.35. The lowest BCUT2D eigenvalue weighted by Gasteiger charge is -1.99. The highest BCUT2D eigenvalue weighted by Crippen LogP contribution is 2.27. The Morgan fingerprint density at radius 1 is 1.18 bits per heavy atom. The zero-order chi connectivity index (χ0) is 22.9. The summed E-state index contributed by atoms with van der Waals surface area (Å²) in [5, 5.41) is 20.0. The fourth-order valence-electron chi connectivity index (χ4n) is 3.21. The molecule has 2 aromatic carbocycles. The molecule has 33 heavy (non-hydrogen) atoms. The summed E-state index contributed by atoms with van der Waals surface area (Å²) in [5.74, 6) is -0.428. The number of amides is 1. The number of carbonyl (C=O) groups is 1. The molecule has 5 aromatic rings. The Morgan fingerprint density at radius 3 is 2.76 bits per heavy atom. The number of nitrogens with zero attached hydrogens (tertiary/aromatic N) is 4. The van der Waals surface area contributed by atoms with E-state index in [9.17, 15) is 19.7 Å². The number of hydrogen-bond acceptors (Lipinski definition) is 8. The van der Waals surface area contributed by atoms with Crippen molar-refractivity contribution in [1.82, 2.24) is 14.6 Å². The van der Waals surface area contributed by atoms with Gasteiger partial charge in [-0.05, 0) is 30.3 Å². The number of thiazole rings is 1. The summed E-state index contributed by atoms with van der Waals surface area (Å²) in [6.45, 7) is 0. The van der Waals surface area contributed by atoms with Gasteiger partial charge in [0.15, 0.2) is 5.43 Å². The molecule has 3 heterocycles. The van der Waals surface area contributed by atoms with Crippen LogP contribution in [0.25, 0.3) is 33.3 Å². The molecule has 0 saturated carbocycles. The molecule has 0 spiro atoms. The van der Waals surface area contributed by atoms with Crippen molar-refractivity contribution in [3.8, 4) is 11.3 Å². The molecule has 10 nitrogen and oxygen atoms in total. The van der Waals surface area contributed by atoms with E-state index in [1.54, 1.807) is 40.9 Å². The van der Waals surface area contributed by atoms with Crippen molar-refractivity contribution in [3.63, 3.8) is 0 Å². The predicted molar refractivity (Wildman–Crippen MR) is 123 cm³/mol. The fourth-order valence-corrected chi connectivity index (χ4v) is 4.04. The summed E-state index contributed by atoms with van der Waals surface area (Å²) in [7, 11) is 0. The first-order chi connectivity index (χ1) is 16.0. The zero-order valence-electron chi connectivity index (χ0n) is 16.7. The Labute approximate surface area is 188 Å². The Hall–Kier alpha value is -4.64. The minimum Gasteiger partial charge on any atom is -0.463 e. The Kier molecular flexibility index (Phi) is 4.99. The molecule has 0 bridgehead atoms. The van der Waals surface area contributed by atoms with E-state index in [-0.39, 0.29) is 22.6 Å². The van der Waals surface area contributed by atoms with Crippen LogP contribution in [0.3, 0.4) is 0 Å². The maximum atomic E-state index is 12.5. The molecule has 0 saturated heterocycles. The number of anilines is 1. The molecule has 3 aromatic heterocycles. The van der Waals surface area contributed by atoms with Crippen LogP contribution in [-0.4, -0.2) is 25.4 Å². The molecule has 0 fully saturated rings. The number of nitro groups is 1. The summed E-state index contributed by atoms with van der Waals surface area (Å²) >= 11 is 1.31. The van der Waals surface area contributed by atoms with Gasteiger partial charge in [0, 0.05) is 29.2 Å². The molecule has 0 radical (unpaired) electrons. The maximum absolute atomic E-state index is 12.5. The second kappa shape index (κ2) is 8.13. The van der Waals surface area contributed by atoms with E-state index < -0.39 is 10.8 Å². The Bertz CT molecular complexity index is 1610. The molecule has 162 valence electrons. The average molecular weight is 459 g/mol. The maximum Gasteiger partial charge on any atom is 0.269 e. The van der Waals surface area contributed by atoms with Crippen LogP contribution in [-0.2, 0) is 4.79 Å². The number of nitro benzene ring substituents is 1. The van der Waals surface area contributed by atoms with Gasteiger partial charge in [0.1, 0.15) is 11.8 Å². The highest BCUT2D eigenvalue weighted by Gasteiger charge is 2.14. The van der Waals surface area contributed by atoms with Crippen molar-refractivity contribution in [3.05, 3.63) is 92.2 Å². The van der Waals surface area contributed by atoms with Gasteiger partial charge in [0.2, 0.25) is 4.96 Å². The molecule has 0 aliphatic rings. The highest BCUT2D eigenvalue weighted by molar-refractivity contribution is 7.15. The van der Waals surface area contributed by atoms with Gasteiger partial charge in [-0.2, -0.15) is 4.98 Å². The number of para-hydroxylation sites is 1. The molecule has 0 aliphatic heterocycles. The van der Waals surface area contributed by atoms with Crippen LogP contribution >= 0.6 is 11.3 Å². The van der Waals surface area contributed by atoms with Crippen LogP contribution in [0.1, 0.15) is 5.56 Å². The number of rotatable bonds is 5. The number of aromatic nitrogens is 3. The van der Waals surface area contributed by atoms with Gasteiger partial charge < -0.3 is 4.42 Å². The van der Waals surface area contributed by atoms with Gasteiger partial charge in [0.05, 0.1) is 21.6 Å². The second-order valence-electron chi connectivity index (χ2n) is 6.89. The number of carbonyl (C=O) groups excluding carboxylic acids is 1. The van der Waals surface area contributed by atoms with E-state index in [1.807, 2.05) is 5.38 Å². The molecule has 0 unspecified atom stereocenters. The summed E-state index contributed by atoms with van der Waals surface area (Å²) < 4.78 is 6.98. The topological polar surface area (TPSA) is 133 Å². The molecule has 0 aliphatic carbocycles. The highest BCUT2D eigenvalue weighted by atomic mass is 32.1. The molecule has 0 atom stereocenters. The van der Waals surface area contributed by atoms with Crippen LogP contribution in [0, 0.1) is 10.1 Å². The third-order valence-corrected chi connectivity index (χ3v) is 5.63. The van der Waals surface area contributed by atoms with Gasteiger partial charge in [0.25, 0.3) is 17.5 Å². The molecule has 5 rings (SSSR count). The minimum atomic E-state index is -0.516. The summed E-state index contributed by atoms with van der Waals surface area (Å²) in [6, 6.07) is 12.9. The standard InChI is InChI=1S/C22H13N5O5S/c28-19(10-7-14-11-32-18-4-2-1-3-16(18)20(14)29)23-21-24-22-26(25-21)17(12-33-22)13-5-8-15(9-6-13)27(30)31/h1-12H,(H,23,25,28)/b10-7+. The second-order valence-corrected chi connectivity index (χ2v) is 7.73. The molecular formula is C22H13N5O5S. The van der Waals surface area contributed by atoms with E-state index in [4.69, 9.17) is 4.42 Å². The summed E-state index contributed by atoms with van der Waals surface area (Å²) in [6.07, 6.45) is 3.87. The van der Waals surface area contributed by atoms with Gasteiger partial charge in [-0.3, -0.25) is 25.0 Å². The predicted octanol–water partition coefficient (Wildman–Crippen LogP) is 4.12. The van der Waals surface area contributed by atoms with Gasteiger partial charge in [-0.25, -0.2) is 4.52 Å². The van der Waals surface area contributed by atoms with Crippen LogP contribution < -0.4 is 10.7 Å². The van der Waals surface area contributed by atoms with Crippen molar-refractivity contribution < 1.29 is 14.1 Å². The van der Waals surface area contributed by atoms with E-state index in [2.05, 4.69) is 15.4 Å². The molecule has 11 heteroatoms. The van der Waals surface area contributed by atoms with Crippen molar-refractivity contribution in [2.75, 3.05) is 5.32 Å². The van der Waals surface area contributed by atoms with Crippen LogP contribution in [0.5, 0.6) is 0 Å². The first-order valence-electron chi connectivity index (χ1n) is 9.58. The normalized spacial score (nSPS) is 11.4. The third kappa shape index (κ3) is 3.88. The third-order valence-electron chi connectivity index (χ3n) is 4.81. The lowest BCUT2D eigenvalue weighted by molar-refractivity contribution is -0.384. The lowest BCUT2D eigenvalue weighted by atomic mass is 10.1. The van der Waals surface area contributed by atoms with Crippen molar-refractivity contribution in [1.29, 1.82) is 0 Å². The number of non-ortho nitro benzene ring substituents is 1. The summed E-state index contributed by atoms with van der Waals surface area (Å²) in [4.78, 5) is 40.0. The van der Waals surface area contributed by atoms with Gasteiger partial charge in [-0.1, -0.05) is 12.1 Å². The first kappa shape index (κ1) is 20.3.